The van der Waals surface area contributed by atoms with Crippen molar-refractivity contribution in [3.05, 3.63) is 30.0 Å². The van der Waals surface area contributed by atoms with Crippen LogP contribution in [0.1, 0.15) is 5.56 Å². The number of fused-ring (bicyclic) bond motifs is 1. The Morgan fingerprint density at radius 3 is 3.11 bits per heavy atom. The Balaban J connectivity index is 1.65. The van der Waals surface area contributed by atoms with Crippen molar-refractivity contribution in [2.75, 3.05) is 6.54 Å². The van der Waals surface area contributed by atoms with Crippen LogP contribution >= 0.6 is 0 Å². The molecule has 19 heavy (non-hydrogen) atoms. The van der Waals surface area contributed by atoms with E-state index in [9.17, 15) is 9.90 Å². The number of rotatable bonds is 3. The minimum atomic E-state index is -0.124. The summed E-state index contributed by atoms with van der Waals surface area (Å²) in [5, 5.41) is 13.0. The highest BCUT2D eigenvalue weighted by Crippen LogP contribution is 2.22. The van der Waals surface area contributed by atoms with Crippen LogP contribution in [0.25, 0.3) is 10.9 Å². The van der Waals surface area contributed by atoms with E-state index in [1.807, 2.05) is 12.3 Å². The molecule has 0 unspecified atom stereocenters. The molecule has 5 N–H and O–H groups in total. The van der Waals surface area contributed by atoms with Crippen LogP contribution in [0.2, 0.25) is 0 Å². The lowest BCUT2D eigenvalue weighted by atomic mass is 10.2. The van der Waals surface area contributed by atoms with Gasteiger partial charge in [-0.3, -0.25) is 15.5 Å². The Hall–Kier alpha value is -2.54. The third kappa shape index (κ3) is 2.36. The number of aliphatic imine (C=N–C) groups is 1. The van der Waals surface area contributed by atoms with Crippen LogP contribution in [-0.2, 0) is 11.3 Å². The molecule has 98 valence electrons. The molecule has 1 amide bonds. The number of carbonyl (C=O) groups is 1. The zero-order chi connectivity index (χ0) is 13.2. The average molecular weight is 259 g/mol. The molecular weight excluding hydrogens is 246 g/mol. The summed E-state index contributed by atoms with van der Waals surface area (Å²) in [6, 6.07) is 5.16. The maximum atomic E-state index is 10.9. The maximum Gasteiger partial charge on any atom is 0.248 e. The van der Waals surface area contributed by atoms with Crippen molar-refractivity contribution in [2.24, 2.45) is 4.99 Å². The van der Waals surface area contributed by atoms with E-state index in [-0.39, 0.29) is 18.2 Å². The fourth-order valence-corrected chi connectivity index (χ4v) is 1.97. The topological polar surface area (TPSA) is 102 Å². The van der Waals surface area contributed by atoms with Gasteiger partial charge in [-0.05, 0) is 23.8 Å². The summed E-state index contributed by atoms with van der Waals surface area (Å²) in [6.45, 7) is 0.684. The summed E-state index contributed by atoms with van der Waals surface area (Å²) in [5.74, 6) is 0.530. The molecule has 1 aromatic carbocycles. The van der Waals surface area contributed by atoms with Gasteiger partial charge < -0.3 is 10.1 Å². The van der Waals surface area contributed by atoms with Crippen molar-refractivity contribution in [3.63, 3.8) is 0 Å². The molecule has 0 bridgehead atoms. The predicted molar refractivity (Wildman–Crippen MR) is 70.4 cm³/mol. The lowest BCUT2D eigenvalue weighted by Gasteiger charge is -2.07. The second-order valence-electron chi connectivity index (χ2n) is 4.24. The number of phenols is 1. The largest absolute Gasteiger partial charge is 0.508 e. The fourth-order valence-electron chi connectivity index (χ4n) is 1.97. The molecular formula is C12H13N5O2. The zero-order valence-corrected chi connectivity index (χ0v) is 10.0. The van der Waals surface area contributed by atoms with Crippen LogP contribution in [0.3, 0.4) is 0 Å². The molecule has 1 aromatic heterocycles. The van der Waals surface area contributed by atoms with E-state index in [4.69, 9.17) is 0 Å². The van der Waals surface area contributed by atoms with Gasteiger partial charge >= 0.3 is 0 Å². The number of carbonyl (C=O) groups excluding carboxylic acids is 1. The molecule has 0 spiro atoms. The first kappa shape index (κ1) is 11.5. The maximum absolute atomic E-state index is 10.9. The Morgan fingerprint density at radius 1 is 1.42 bits per heavy atom. The summed E-state index contributed by atoms with van der Waals surface area (Å²) >= 11 is 0. The van der Waals surface area contributed by atoms with Crippen LogP contribution in [0.4, 0.5) is 0 Å². The van der Waals surface area contributed by atoms with E-state index in [0.717, 1.165) is 16.5 Å². The van der Waals surface area contributed by atoms with E-state index in [2.05, 4.69) is 26.1 Å². The van der Waals surface area contributed by atoms with Gasteiger partial charge in [-0.1, -0.05) is 0 Å². The van der Waals surface area contributed by atoms with Gasteiger partial charge in [0.05, 0.1) is 0 Å². The van der Waals surface area contributed by atoms with Crippen molar-refractivity contribution >= 4 is 22.8 Å². The Morgan fingerprint density at radius 2 is 2.32 bits per heavy atom. The quantitative estimate of drug-likeness (QED) is 0.499. The molecule has 2 aromatic rings. The third-order valence-corrected chi connectivity index (χ3v) is 2.88. The molecule has 0 atom stereocenters. The van der Waals surface area contributed by atoms with Gasteiger partial charge in [-0.15, -0.1) is 0 Å². The van der Waals surface area contributed by atoms with E-state index in [1.54, 1.807) is 12.1 Å². The van der Waals surface area contributed by atoms with Gasteiger partial charge in [0.15, 0.2) is 0 Å². The number of H-pyrrole nitrogens is 1. The van der Waals surface area contributed by atoms with Crippen molar-refractivity contribution in [1.82, 2.24) is 21.2 Å². The first-order chi connectivity index (χ1) is 9.22. The van der Waals surface area contributed by atoms with Crippen LogP contribution in [-0.4, -0.2) is 28.5 Å². The molecule has 7 heteroatoms. The highest BCUT2D eigenvalue weighted by atomic mass is 16.3. The number of hydrazine groups is 1. The fraction of sp³-hybridized carbons (Fsp3) is 0.167. The molecule has 0 saturated carbocycles. The molecule has 0 aliphatic carbocycles. The van der Waals surface area contributed by atoms with Gasteiger partial charge in [0.1, 0.15) is 12.3 Å². The third-order valence-electron chi connectivity index (χ3n) is 2.88. The van der Waals surface area contributed by atoms with Gasteiger partial charge in [0.2, 0.25) is 11.9 Å². The smallest absolute Gasteiger partial charge is 0.248 e. The number of benzene rings is 1. The van der Waals surface area contributed by atoms with Crippen molar-refractivity contribution in [3.8, 4) is 5.75 Å². The second-order valence-corrected chi connectivity index (χ2v) is 4.24. The number of aromatic hydroxyl groups is 1. The Kier molecular flexibility index (Phi) is 2.81. The molecule has 0 fully saturated rings. The predicted octanol–water partition coefficient (Wildman–Crippen LogP) is -0.0465. The number of aromatic amines is 1. The summed E-state index contributed by atoms with van der Waals surface area (Å²) in [4.78, 5) is 18.0. The second kappa shape index (κ2) is 4.62. The number of hydrogen-bond donors (Lipinski definition) is 5. The van der Waals surface area contributed by atoms with Crippen LogP contribution < -0.4 is 16.2 Å². The highest BCUT2D eigenvalue weighted by molar-refractivity contribution is 6.02. The number of aromatic nitrogens is 1. The number of phenolic OH excluding ortho intramolecular Hbond substituents is 1. The minimum absolute atomic E-state index is 0.124. The van der Waals surface area contributed by atoms with Gasteiger partial charge in [-0.25, -0.2) is 10.4 Å². The molecule has 7 nitrogen and oxygen atoms in total. The molecule has 1 aliphatic heterocycles. The SMILES string of the molecule is O=C1CN=C(NNCc2c[nH]c3ccc(O)cc23)N1. The molecule has 0 saturated heterocycles. The number of hydrogen-bond acceptors (Lipinski definition) is 5. The Labute approximate surface area is 108 Å². The highest BCUT2D eigenvalue weighted by Gasteiger charge is 2.12. The van der Waals surface area contributed by atoms with Crippen LogP contribution in [0.5, 0.6) is 5.75 Å². The summed E-state index contributed by atoms with van der Waals surface area (Å²) in [6.07, 6.45) is 1.87. The number of guanidine groups is 1. The number of nitrogens with zero attached hydrogens (tertiary/aromatic N) is 1. The van der Waals surface area contributed by atoms with E-state index in [0.29, 0.717) is 12.5 Å². The van der Waals surface area contributed by atoms with E-state index < -0.39 is 0 Å². The number of nitrogens with one attached hydrogen (secondary N) is 4. The molecule has 0 radical (unpaired) electrons. The van der Waals surface area contributed by atoms with Gasteiger partial charge in [0.25, 0.3) is 0 Å². The summed E-state index contributed by atoms with van der Waals surface area (Å²) in [7, 11) is 0. The van der Waals surface area contributed by atoms with Gasteiger partial charge in [-0.2, -0.15) is 0 Å². The van der Waals surface area contributed by atoms with E-state index in [1.165, 1.54) is 0 Å². The lowest BCUT2D eigenvalue weighted by molar-refractivity contribution is -0.117. The molecule has 1 aliphatic rings. The number of amides is 1. The van der Waals surface area contributed by atoms with Crippen molar-refractivity contribution in [1.29, 1.82) is 0 Å². The van der Waals surface area contributed by atoms with Crippen molar-refractivity contribution < 1.29 is 9.90 Å². The first-order valence-corrected chi connectivity index (χ1v) is 5.84. The lowest BCUT2D eigenvalue weighted by Crippen LogP contribution is -2.44. The first-order valence-electron chi connectivity index (χ1n) is 5.84. The molecule has 3 rings (SSSR count). The average Bonchev–Trinajstić information content (AvgIpc) is 2.97. The van der Waals surface area contributed by atoms with Crippen LogP contribution in [0, 0.1) is 0 Å². The monoisotopic (exact) mass is 259 g/mol. The normalized spacial score (nSPS) is 14.5. The van der Waals surface area contributed by atoms with E-state index >= 15 is 0 Å². The summed E-state index contributed by atoms with van der Waals surface area (Å²) in [5.41, 5.74) is 7.75. The molecule has 2 heterocycles. The standard InChI is InChI=1S/C12H13N5O2/c18-8-1-2-10-9(3-8)7(4-13-10)5-15-17-12-14-6-11(19)16-12/h1-4,13,15,18H,5-6H2,(H2,14,16,17,19). The van der Waals surface area contributed by atoms with Gasteiger partial charge in [0, 0.05) is 23.6 Å². The van der Waals surface area contributed by atoms with Crippen LogP contribution in [0.15, 0.2) is 29.4 Å². The zero-order valence-electron chi connectivity index (χ0n) is 10.0. The Bertz CT molecular complexity index is 661. The van der Waals surface area contributed by atoms with Crippen molar-refractivity contribution in [2.45, 2.75) is 6.54 Å². The minimum Gasteiger partial charge on any atom is -0.508 e. The summed E-state index contributed by atoms with van der Waals surface area (Å²) < 4.78 is 0.